The summed E-state index contributed by atoms with van der Waals surface area (Å²) in [5, 5.41) is 0. The molecule has 5 fully saturated rings. The summed E-state index contributed by atoms with van der Waals surface area (Å²) in [4.78, 5) is 91.0. The first-order chi connectivity index (χ1) is 27.8. The molecule has 0 aromatic carbocycles. The average molecular weight is 843 g/mol. The van der Waals surface area contributed by atoms with E-state index in [1.165, 1.54) is 13.8 Å². The van der Waals surface area contributed by atoms with Gasteiger partial charge in [-0.2, -0.15) is 0 Å². The molecule has 0 bridgehead atoms. The van der Waals surface area contributed by atoms with Crippen LogP contribution in [0.1, 0.15) is 141 Å². The monoisotopic (exact) mass is 842 g/mol. The van der Waals surface area contributed by atoms with Gasteiger partial charge >= 0.3 is 35.8 Å². The molecule has 0 N–H and O–H groups in total. The van der Waals surface area contributed by atoms with Gasteiger partial charge in [-0.3, -0.25) is 33.6 Å². The third kappa shape index (κ3) is 7.48. The predicted octanol–water partition coefficient (Wildman–Crippen LogP) is 6.53. The Balaban J connectivity index is 1.37. The third-order valence-corrected chi connectivity index (χ3v) is 16.2. The maximum absolute atomic E-state index is 15.2. The van der Waals surface area contributed by atoms with Gasteiger partial charge in [-0.05, 0) is 102 Å². The van der Waals surface area contributed by atoms with Gasteiger partial charge in [0.1, 0.15) is 18.8 Å². The zero-order valence-corrected chi connectivity index (χ0v) is 37.6. The van der Waals surface area contributed by atoms with Crippen LogP contribution in [0.4, 0.5) is 0 Å². The van der Waals surface area contributed by atoms with Crippen LogP contribution in [-0.2, 0) is 66.7 Å². The van der Waals surface area contributed by atoms with Crippen LogP contribution in [0.25, 0.3) is 0 Å². The fourth-order valence-electron chi connectivity index (χ4n) is 13.8. The zero-order valence-electron chi connectivity index (χ0n) is 37.6. The summed E-state index contributed by atoms with van der Waals surface area (Å²) in [6, 6.07) is 0. The summed E-state index contributed by atoms with van der Waals surface area (Å²) in [5.41, 5.74) is -0.476. The van der Waals surface area contributed by atoms with E-state index >= 15 is 4.79 Å². The molecule has 60 heavy (non-hydrogen) atoms. The second-order valence-corrected chi connectivity index (χ2v) is 20.2. The van der Waals surface area contributed by atoms with Crippen molar-refractivity contribution in [3.8, 4) is 0 Å². The van der Waals surface area contributed by atoms with Gasteiger partial charge in [-0.1, -0.05) is 48.5 Å². The van der Waals surface area contributed by atoms with E-state index in [2.05, 4.69) is 34.6 Å². The van der Waals surface area contributed by atoms with Crippen LogP contribution >= 0.6 is 0 Å². The maximum Gasteiger partial charge on any atom is 0.319 e. The van der Waals surface area contributed by atoms with E-state index in [4.69, 9.17) is 33.2 Å². The second kappa shape index (κ2) is 16.1. The van der Waals surface area contributed by atoms with Crippen LogP contribution in [0.5, 0.6) is 0 Å². The van der Waals surface area contributed by atoms with E-state index in [1.807, 2.05) is 13.8 Å². The molecule has 1 aliphatic heterocycles. The molecule has 0 amide bonds. The van der Waals surface area contributed by atoms with Gasteiger partial charge in [0.25, 0.3) is 0 Å². The molecular weight excluding hydrogens is 776 g/mol. The number of rotatable bonds is 9. The number of hydrogen-bond donors (Lipinski definition) is 0. The van der Waals surface area contributed by atoms with Gasteiger partial charge in [0.2, 0.25) is 12.4 Å². The number of ether oxygens (including phenoxy) is 7. The van der Waals surface area contributed by atoms with Crippen LogP contribution < -0.4 is 0 Å². The number of hydrogen-bond acceptors (Lipinski definition) is 14. The molecule has 6 aliphatic rings. The first-order valence-electron chi connectivity index (χ1n) is 21.8. The van der Waals surface area contributed by atoms with Crippen molar-refractivity contribution in [2.24, 2.45) is 50.7 Å². The summed E-state index contributed by atoms with van der Waals surface area (Å²) in [6.45, 7) is 21.3. The highest BCUT2D eigenvalue weighted by Crippen LogP contribution is 2.77. The lowest BCUT2D eigenvalue weighted by Gasteiger charge is -2.72. The van der Waals surface area contributed by atoms with Gasteiger partial charge < -0.3 is 33.2 Å². The van der Waals surface area contributed by atoms with Crippen LogP contribution in [-0.4, -0.2) is 85.0 Å². The van der Waals surface area contributed by atoms with Crippen molar-refractivity contribution in [1.82, 2.24) is 0 Å². The van der Waals surface area contributed by atoms with Crippen molar-refractivity contribution in [2.75, 3.05) is 6.61 Å². The Hall–Kier alpha value is -3.81. The molecule has 334 valence electrons. The van der Waals surface area contributed by atoms with Gasteiger partial charge in [-0.15, -0.1) is 0 Å². The minimum Gasteiger partial charge on any atom is -0.463 e. The molecule has 1 heterocycles. The Bertz CT molecular complexity index is 1830. The van der Waals surface area contributed by atoms with Crippen molar-refractivity contribution in [3.63, 3.8) is 0 Å². The Kier molecular flexibility index (Phi) is 12.3. The van der Waals surface area contributed by atoms with Crippen molar-refractivity contribution in [3.05, 3.63) is 11.1 Å². The van der Waals surface area contributed by atoms with Gasteiger partial charge in [-0.25, -0.2) is 0 Å². The second-order valence-electron chi connectivity index (χ2n) is 20.2. The molecule has 14 heteroatoms. The predicted molar refractivity (Wildman–Crippen MR) is 213 cm³/mol. The van der Waals surface area contributed by atoms with E-state index in [0.29, 0.717) is 30.3 Å². The van der Waals surface area contributed by atoms with E-state index in [0.717, 1.165) is 64.9 Å². The minimum atomic E-state index is -1.70. The van der Waals surface area contributed by atoms with Crippen molar-refractivity contribution >= 4 is 41.6 Å². The molecule has 14 nitrogen and oxygen atoms in total. The number of esters is 6. The average Bonchev–Trinajstić information content (AvgIpc) is 3.44. The lowest BCUT2D eigenvalue weighted by Crippen LogP contribution is -2.66. The highest BCUT2D eigenvalue weighted by Gasteiger charge is 2.71. The standard InChI is InChI=1S/C46H66O14/c1-23(2)35-30(52)21-46(41(53)60-40-39(58-28(7)51)38(57-27(6)50)37(56-26(5)49)31(59-40)22-54-24(3)47)20-19-44(11)29(36(35)46)13-14-33-43(10)17-16-34(55-25(4)48)42(8,9)32(43)15-18-45(33,44)12/h23,29,31-34,37-40H,13-22H2,1-12H3/t29-,31-,32+,33-,34+,37+,38+,39-,40+,43+,44-,45-,46-/m1/s1. The Morgan fingerprint density at radius 2 is 1.25 bits per heavy atom. The lowest BCUT2D eigenvalue weighted by atomic mass is 9.33. The first-order valence-corrected chi connectivity index (χ1v) is 21.8. The highest BCUT2D eigenvalue weighted by atomic mass is 16.7. The topological polar surface area (TPSA) is 184 Å². The van der Waals surface area contributed by atoms with Gasteiger partial charge in [0.05, 0.1) is 5.41 Å². The van der Waals surface area contributed by atoms with Crippen molar-refractivity contribution in [2.45, 2.75) is 178 Å². The van der Waals surface area contributed by atoms with E-state index in [9.17, 15) is 28.8 Å². The molecule has 4 saturated carbocycles. The van der Waals surface area contributed by atoms with Crippen LogP contribution in [0, 0.1) is 50.7 Å². The molecule has 1 saturated heterocycles. The first kappa shape index (κ1) is 45.7. The summed E-state index contributed by atoms with van der Waals surface area (Å²) < 4.78 is 40.4. The molecule has 13 atom stereocenters. The molecule has 0 aromatic heterocycles. The zero-order chi connectivity index (χ0) is 44.5. The number of carbonyl (C=O) groups is 7. The Morgan fingerprint density at radius 3 is 1.83 bits per heavy atom. The van der Waals surface area contributed by atoms with E-state index in [-0.39, 0.29) is 57.8 Å². The van der Waals surface area contributed by atoms with Crippen LogP contribution in [0.3, 0.4) is 0 Å². The van der Waals surface area contributed by atoms with Crippen molar-refractivity contribution in [1.29, 1.82) is 0 Å². The number of allylic oxidation sites excluding steroid dienone is 1. The normalized spacial score (nSPS) is 40.5. The smallest absolute Gasteiger partial charge is 0.319 e. The van der Waals surface area contributed by atoms with Crippen LogP contribution in [0.2, 0.25) is 0 Å². The largest absolute Gasteiger partial charge is 0.463 e. The van der Waals surface area contributed by atoms with Crippen LogP contribution in [0.15, 0.2) is 11.1 Å². The SMILES string of the molecule is CC(=O)OC[C@H]1O[C@@H](OC(=O)[C@@]23CC[C@]4(C)[C@H](CC[C@@H]5[C@@]6(C)CC[C@H](OC(C)=O)C(C)(C)[C@@H]6CC[C@]54C)C2=C(C(C)C)C(=O)C3)[C@H](OC(C)=O)[C@@H](OC(C)=O)[C@H]1OC(C)=O. The summed E-state index contributed by atoms with van der Waals surface area (Å²) in [5.74, 6) is -3.72. The Morgan fingerprint density at radius 1 is 0.650 bits per heavy atom. The summed E-state index contributed by atoms with van der Waals surface area (Å²) in [6.07, 6.45) is -1.37. The molecule has 5 aliphatic carbocycles. The quantitative estimate of drug-likeness (QED) is 0.180. The number of ketones is 1. The molecule has 0 unspecified atom stereocenters. The fourth-order valence-corrected chi connectivity index (χ4v) is 13.8. The third-order valence-electron chi connectivity index (χ3n) is 16.2. The molecule has 0 aromatic rings. The van der Waals surface area contributed by atoms with Gasteiger partial charge in [0, 0.05) is 46.5 Å². The maximum atomic E-state index is 15.2. The molecular formula is C46H66O14. The molecule has 0 spiro atoms. The van der Waals surface area contributed by atoms with Gasteiger partial charge in [0.15, 0.2) is 18.0 Å². The fraction of sp³-hybridized carbons (Fsp3) is 0.804. The number of carbonyl (C=O) groups excluding carboxylic acids is 7. The highest BCUT2D eigenvalue weighted by molar-refractivity contribution is 6.06. The molecule has 6 rings (SSSR count). The summed E-state index contributed by atoms with van der Waals surface area (Å²) in [7, 11) is 0. The Labute approximate surface area is 353 Å². The summed E-state index contributed by atoms with van der Waals surface area (Å²) >= 11 is 0. The molecule has 0 radical (unpaired) electrons. The van der Waals surface area contributed by atoms with E-state index in [1.54, 1.807) is 0 Å². The van der Waals surface area contributed by atoms with Crippen molar-refractivity contribution < 1.29 is 66.7 Å². The number of Topliss-reactive ketones (excluding diaryl/α,β-unsaturated/α-hetero) is 1. The van der Waals surface area contributed by atoms with E-state index < -0.39 is 72.6 Å². The number of fused-ring (bicyclic) bond motifs is 7. The lowest BCUT2D eigenvalue weighted by molar-refractivity contribution is -0.303. The minimum absolute atomic E-state index is 0.00944.